The van der Waals surface area contributed by atoms with Crippen LogP contribution in [0.15, 0.2) is 30.3 Å². The largest absolute Gasteiger partial charge is 0.497 e. The van der Waals surface area contributed by atoms with E-state index in [1.807, 2.05) is 18.2 Å². The molecule has 6 heteroatoms. The average Bonchev–Trinajstić information content (AvgIpc) is 2.73. The molecular weight excluding hydrogens is 356 g/mol. The molecule has 2 aromatic carbocycles. The molecule has 1 saturated carbocycles. The Balaban J connectivity index is 2.24. The second kappa shape index (κ2) is 8.78. The van der Waals surface area contributed by atoms with E-state index in [1.165, 1.54) is 6.42 Å². The van der Waals surface area contributed by atoms with Crippen LogP contribution in [0.3, 0.4) is 0 Å². The normalized spacial score (nSPS) is 14.4. The number of benzene rings is 2. The van der Waals surface area contributed by atoms with Crippen molar-refractivity contribution in [1.29, 1.82) is 0 Å². The number of carbonyl (C=O) groups is 2. The monoisotopic (exact) mass is 382 g/mol. The zero-order valence-corrected chi connectivity index (χ0v) is 16.3. The minimum atomic E-state index is -0.482. The van der Waals surface area contributed by atoms with Gasteiger partial charge in [0.2, 0.25) is 12.3 Å². The summed E-state index contributed by atoms with van der Waals surface area (Å²) in [6.45, 7) is 0. The van der Waals surface area contributed by atoms with Crippen molar-refractivity contribution in [2.75, 3.05) is 19.5 Å². The number of hydrogen-bond donors (Lipinski definition) is 2. The van der Waals surface area contributed by atoms with E-state index in [1.54, 1.807) is 26.4 Å². The maximum atomic E-state index is 12.1. The van der Waals surface area contributed by atoms with Gasteiger partial charge in [-0.3, -0.25) is 9.59 Å². The SMILES string of the molecule is COc1cc(OC)cc(-c2ccc(C(N)=O)c(C3CCCCC3)c2NC=O)c1. The zero-order valence-electron chi connectivity index (χ0n) is 16.3. The van der Waals surface area contributed by atoms with Crippen LogP contribution >= 0.6 is 0 Å². The van der Waals surface area contributed by atoms with Gasteiger partial charge in [-0.2, -0.15) is 0 Å². The lowest BCUT2D eigenvalue weighted by Crippen LogP contribution is -2.19. The summed E-state index contributed by atoms with van der Waals surface area (Å²) in [7, 11) is 3.18. The van der Waals surface area contributed by atoms with Crippen LogP contribution in [0.2, 0.25) is 0 Å². The van der Waals surface area contributed by atoms with Crippen molar-refractivity contribution in [1.82, 2.24) is 0 Å². The van der Waals surface area contributed by atoms with Gasteiger partial charge in [-0.1, -0.05) is 25.3 Å². The van der Waals surface area contributed by atoms with Crippen LogP contribution in [0.25, 0.3) is 11.1 Å². The molecule has 1 fully saturated rings. The van der Waals surface area contributed by atoms with Crippen molar-refractivity contribution in [3.05, 3.63) is 41.5 Å². The standard InChI is InChI=1S/C22H26N2O4/c1-27-16-10-15(11-17(12-16)28-2)18-8-9-19(22(23)26)20(21(18)24-13-25)14-6-4-3-5-7-14/h8-14H,3-7H2,1-2H3,(H2,23,26)(H,24,25). The number of carbonyl (C=O) groups excluding carboxylic acids is 2. The second-order valence-corrected chi connectivity index (χ2v) is 7.01. The Morgan fingerprint density at radius 2 is 1.71 bits per heavy atom. The van der Waals surface area contributed by atoms with Crippen molar-refractivity contribution in [3.63, 3.8) is 0 Å². The van der Waals surface area contributed by atoms with Crippen molar-refractivity contribution in [2.24, 2.45) is 5.73 Å². The van der Waals surface area contributed by atoms with Crippen LogP contribution in [0.4, 0.5) is 5.69 Å². The molecule has 2 aromatic rings. The van der Waals surface area contributed by atoms with Gasteiger partial charge >= 0.3 is 0 Å². The number of amides is 2. The highest BCUT2D eigenvalue weighted by molar-refractivity contribution is 6.00. The Morgan fingerprint density at radius 1 is 1.07 bits per heavy atom. The van der Waals surface area contributed by atoms with Crippen molar-refractivity contribution in [3.8, 4) is 22.6 Å². The van der Waals surface area contributed by atoms with Crippen molar-refractivity contribution >= 4 is 18.0 Å². The fourth-order valence-electron chi connectivity index (χ4n) is 4.07. The van der Waals surface area contributed by atoms with Gasteiger partial charge in [0, 0.05) is 17.2 Å². The highest BCUT2D eigenvalue weighted by Gasteiger charge is 2.26. The van der Waals surface area contributed by atoms with Crippen LogP contribution in [0.5, 0.6) is 11.5 Å². The third kappa shape index (κ3) is 3.96. The van der Waals surface area contributed by atoms with E-state index in [9.17, 15) is 9.59 Å². The lowest BCUT2D eigenvalue weighted by atomic mass is 9.79. The Kier molecular flexibility index (Phi) is 6.19. The molecule has 0 spiro atoms. The van der Waals surface area contributed by atoms with Crippen LogP contribution in [0.1, 0.15) is 53.9 Å². The van der Waals surface area contributed by atoms with Crippen LogP contribution in [-0.2, 0) is 4.79 Å². The molecule has 0 aliphatic heterocycles. The fraction of sp³-hybridized carbons (Fsp3) is 0.364. The molecule has 6 nitrogen and oxygen atoms in total. The molecular formula is C22H26N2O4. The third-order valence-corrected chi connectivity index (χ3v) is 5.39. The van der Waals surface area contributed by atoms with Gasteiger partial charge in [-0.25, -0.2) is 0 Å². The minimum absolute atomic E-state index is 0.186. The molecule has 0 radical (unpaired) electrons. The highest BCUT2D eigenvalue weighted by atomic mass is 16.5. The number of nitrogens with one attached hydrogen (secondary N) is 1. The van der Waals surface area contributed by atoms with Crippen LogP contribution in [0, 0.1) is 0 Å². The van der Waals surface area contributed by atoms with Gasteiger partial charge in [0.15, 0.2) is 0 Å². The number of ether oxygens (including phenoxy) is 2. The van der Waals surface area contributed by atoms with E-state index in [0.717, 1.165) is 42.4 Å². The van der Waals surface area contributed by atoms with Crippen molar-refractivity contribution in [2.45, 2.75) is 38.0 Å². The van der Waals surface area contributed by atoms with E-state index in [0.29, 0.717) is 29.2 Å². The van der Waals surface area contributed by atoms with E-state index in [2.05, 4.69) is 5.32 Å². The Labute approximate surface area is 165 Å². The molecule has 0 unspecified atom stereocenters. The molecule has 3 N–H and O–H groups in total. The van der Waals surface area contributed by atoms with E-state index in [-0.39, 0.29) is 5.92 Å². The van der Waals surface area contributed by atoms with Crippen LogP contribution in [-0.4, -0.2) is 26.5 Å². The molecule has 28 heavy (non-hydrogen) atoms. The molecule has 1 aliphatic carbocycles. The number of methoxy groups -OCH3 is 2. The molecule has 3 rings (SSSR count). The van der Waals surface area contributed by atoms with Gasteiger partial charge < -0.3 is 20.5 Å². The first-order chi connectivity index (χ1) is 13.6. The van der Waals surface area contributed by atoms with Crippen molar-refractivity contribution < 1.29 is 19.1 Å². The summed E-state index contributed by atoms with van der Waals surface area (Å²) in [4.78, 5) is 23.6. The summed E-state index contributed by atoms with van der Waals surface area (Å²) in [6, 6.07) is 9.11. The molecule has 0 atom stereocenters. The topological polar surface area (TPSA) is 90.7 Å². The predicted octanol–water partition coefficient (Wildman–Crippen LogP) is 4.09. The molecule has 0 saturated heterocycles. The molecule has 0 bridgehead atoms. The number of rotatable bonds is 7. The summed E-state index contributed by atoms with van der Waals surface area (Å²) in [5.41, 5.74) is 9.23. The Bertz CT molecular complexity index is 851. The maximum absolute atomic E-state index is 12.1. The van der Waals surface area contributed by atoms with E-state index >= 15 is 0 Å². The Hall–Kier alpha value is -3.02. The predicted molar refractivity (Wildman–Crippen MR) is 109 cm³/mol. The lowest BCUT2D eigenvalue weighted by Gasteiger charge is -2.27. The molecule has 2 amide bonds. The lowest BCUT2D eigenvalue weighted by molar-refractivity contribution is -0.105. The number of nitrogens with two attached hydrogens (primary N) is 1. The summed E-state index contributed by atoms with van der Waals surface area (Å²) < 4.78 is 10.8. The maximum Gasteiger partial charge on any atom is 0.249 e. The first-order valence-corrected chi connectivity index (χ1v) is 9.49. The van der Waals surface area contributed by atoms with E-state index in [4.69, 9.17) is 15.2 Å². The third-order valence-electron chi connectivity index (χ3n) is 5.39. The van der Waals surface area contributed by atoms with Gasteiger partial charge in [-0.05, 0) is 48.1 Å². The molecule has 148 valence electrons. The molecule has 0 aromatic heterocycles. The summed E-state index contributed by atoms with van der Waals surface area (Å²) in [5, 5.41) is 2.84. The second-order valence-electron chi connectivity index (χ2n) is 7.01. The molecule has 1 aliphatic rings. The minimum Gasteiger partial charge on any atom is -0.497 e. The van der Waals surface area contributed by atoms with Crippen LogP contribution < -0.4 is 20.5 Å². The number of hydrogen-bond acceptors (Lipinski definition) is 4. The average molecular weight is 382 g/mol. The van der Waals surface area contributed by atoms with E-state index < -0.39 is 5.91 Å². The van der Waals surface area contributed by atoms with Gasteiger partial charge in [0.25, 0.3) is 0 Å². The first-order valence-electron chi connectivity index (χ1n) is 9.49. The zero-order chi connectivity index (χ0) is 20.1. The highest BCUT2D eigenvalue weighted by Crippen LogP contribution is 2.43. The number of primary amides is 1. The summed E-state index contributed by atoms with van der Waals surface area (Å²) in [6.07, 6.45) is 5.97. The summed E-state index contributed by atoms with van der Waals surface area (Å²) in [5.74, 6) is 0.990. The first kappa shape index (κ1) is 19.7. The number of anilines is 1. The van der Waals surface area contributed by atoms with Gasteiger partial charge in [0.05, 0.1) is 19.9 Å². The Morgan fingerprint density at radius 3 is 2.25 bits per heavy atom. The smallest absolute Gasteiger partial charge is 0.249 e. The summed E-state index contributed by atoms with van der Waals surface area (Å²) >= 11 is 0. The van der Waals surface area contributed by atoms with Gasteiger partial charge in [0.1, 0.15) is 11.5 Å². The van der Waals surface area contributed by atoms with Gasteiger partial charge in [-0.15, -0.1) is 0 Å². The molecule has 0 heterocycles. The quantitative estimate of drug-likeness (QED) is 0.706. The fourth-order valence-corrected chi connectivity index (χ4v) is 4.07.